The smallest absolute Gasteiger partial charge is 0.137 e. The summed E-state index contributed by atoms with van der Waals surface area (Å²) in [5.41, 5.74) is 5.83. The lowest BCUT2D eigenvalue weighted by Crippen LogP contribution is -2.45. The van der Waals surface area contributed by atoms with Crippen molar-refractivity contribution < 1.29 is 9.47 Å². The molecular weight excluding hydrogens is 434 g/mol. The molecule has 1 fully saturated rings. The van der Waals surface area contributed by atoms with Crippen molar-refractivity contribution in [2.45, 2.75) is 26.1 Å². The molecule has 2 aromatic heterocycles. The SMILES string of the molecule is COc1c(-c2ccc(N3CC(C)OC(C)C3)cc2)cnc2c(-c3cccnc3Cl)cccc12. The van der Waals surface area contributed by atoms with Crippen LogP contribution in [0.15, 0.2) is 67.0 Å². The quantitative estimate of drug-likeness (QED) is 0.338. The van der Waals surface area contributed by atoms with E-state index in [1.165, 1.54) is 5.69 Å². The van der Waals surface area contributed by atoms with Gasteiger partial charge in [0.05, 0.1) is 24.8 Å². The maximum Gasteiger partial charge on any atom is 0.137 e. The van der Waals surface area contributed by atoms with E-state index in [4.69, 9.17) is 26.1 Å². The number of ether oxygens (including phenoxy) is 2. The monoisotopic (exact) mass is 459 g/mol. The number of anilines is 1. The highest BCUT2D eigenvalue weighted by Crippen LogP contribution is 2.40. The first kappa shape index (κ1) is 21.7. The van der Waals surface area contributed by atoms with Crippen LogP contribution in [-0.2, 0) is 4.74 Å². The first-order valence-electron chi connectivity index (χ1n) is 11.1. The Hall–Kier alpha value is -3.15. The zero-order valence-corrected chi connectivity index (χ0v) is 19.7. The third kappa shape index (κ3) is 4.14. The molecule has 2 aromatic carbocycles. The molecule has 1 aliphatic rings. The van der Waals surface area contributed by atoms with Gasteiger partial charge in [0, 0.05) is 53.2 Å². The van der Waals surface area contributed by atoms with Gasteiger partial charge in [-0.15, -0.1) is 0 Å². The van der Waals surface area contributed by atoms with Crippen molar-refractivity contribution >= 4 is 28.2 Å². The Morgan fingerprint density at radius 1 is 0.909 bits per heavy atom. The van der Waals surface area contributed by atoms with Crippen LogP contribution in [0.4, 0.5) is 5.69 Å². The Morgan fingerprint density at radius 3 is 2.33 bits per heavy atom. The van der Waals surface area contributed by atoms with Crippen molar-refractivity contribution in [1.82, 2.24) is 9.97 Å². The highest BCUT2D eigenvalue weighted by molar-refractivity contribution is 6.32. The molecule has 6 heteroatoms. The number of fused-ring (bicyclic) bond motifs is 1. The number of para-hydroxylation sites is 1. The molecule has 0 amide bonds. The molecule has 5 nitrogen and oxygen atoms in total. The van der Waals surface area contributed by atoms with E-state index < -0.39 is 0 Å². The van der Waals surface area contributed by atoms with Gasteiger partial charge in [-0.1, -0.05) is 35.9 Å². The molecule has 1 saturated heterocycles. The summed E-state index contributed by atoms with van der Waals surface area (Å²) in [5, 5.41) is 1.39. The Morgan fingerprint density at radius 2 is 1.64 bits per heavy atom. The fourth-order valence-corrected chi connectivity index (χ4v) is 4.89. The number of pyridine rings is 2. The summed E-state index contributed by atoms with van der Waals surface area (Å²) in [6.45, 7) is 6.03. The van der Waals surface area contributed by atoms with Crippen LogP contribution in [0.2, 0.25) is 5.15 Å². The van der Waals surface area contributed by atoms with Crippen LogP contribution < -0.4 is 9.64 Å². The maximum atomic E-state index is 6.37. The summed E-state index contributed by atoms with van der Waals surface area (Å²) in [6.07, 6.45) is 4.01. The summed E-state index contributed by atoms with van der Waals surface area (Å²) < 4.78 is 11.8. The van der Waals surface area contributed by atoms with Crippen LogP contribution >= 0.6 is 11.6 Å². The zero-order valence-electron chi connectivity index (χ0n) is 19.0. The number of morpholine rings is 1. The van der Waals surface area contributed by atoms with Gasteiger partial charge in [-0.05, 0) is 49.7 Å². The van der Waals surface area contributed by atoms with Crippen LogP contribution in [0.25, 0.3) is 33.2 Å². The molecule has 0 N–H and O–H groups in total. The van der Waals surface area contributed by atoms with Gasteiger partial charge in [0.1, 0.15) is 10.9 Å². The number of nitrogens with zero attached hydrogens (tertiary/aromatic N) is 3. The van der Waals surface area contributed by atoms with E-state index in [1.54, 1.807) is 13.3 Å². The molecule has 5 rings (SSSR count). The molecule has 168 valence electrons. The Bertz CT molecular complexity index is 1280. The van der Waals surface area contributed by atoms with Crippen LogP contribution in [0.5, 0.6) is 5.75 Å². The number of hydrogen-bond acceptors (Lipinski definition) is 5. The van der Waals surface area contributed by atoms with Crippen molar-refractivity contribution in [1.29, 1.82) is 0 Å². The summed E-state index contributed by atoms with van der Waals surface area (Å²) in [4.78, 5) is 11.4. The lowest BCUT2D eigenvalue weighted by Gasteiger charge is -2.36. The normalized spacial score (nSPS) is 18.5. The molecular formula is C27H26ClN3O2. The number of aromatic nitrogens is 2. The van der Waals surface area contributed by atoms with Crippen molar-refractivity contribution in [3.05, 3.63) is 72.1 Å². The minimum atomic E-state index is 0.223. The van der Waals surface area contributed by atoms with Gasteiger partial charge in [-0.25, -0.2) is 4.98 Å². The second-order valence-electron chi connectivity index (χ2n) is 8.46. The molecule has 2 atom stereocenters. The Balaban J connectivity index is 1.55. The molecule has 1 aliphatic heterocycles. The van der Waals surface area contributed by atoms with Gasteiger partial charge >= 0.3 is 0 Å². The van der Waals surface area contributed by atoms with Gasteiger partial charge in [0.25, 0.3) is 0 Å². The zero-order chi connectivity index (χ0) is 22.9. The van der Waals surface area contributed by atoms with E-state index in [-0.39, 0.29) is 12.2 Å². The van der Waals surface area contributed by atoms with E-state index in [9.17, 15) is 0 Å². The number of hydrogen-bond donors (Lipinski definition) is 0. The lowest BCUT2D eigenvalue weighted by atomic mass is 9.99. The van der Waals surface area contributed by atoms with Gasteiger partial charge in [0.15, 0.2) is 0 Å². The lowest BCUT2D eigenvalue weighted by molar-refractivity contribution is -0.00521. The largest absolute Gasteiger partial charge is 0.495 e. The average molecular weight is 460 g/mol. The van der Waals surface area contributed by atoms with Gasteiger partial charge in [-0.2, -0.15) is 0 Å². The van der Waals surface area contributed by atoms with Gasteiger partial charge in [0.2, 0.25) is 0 Å². The topological polar surface area (TPSA) is 47.5 Å². The number of benzene rings is 2. The molecule has 0 saturated carbocycles. The number of rotatable bonds is 4. The van der Waals surface area contributed by atoms with Gasteiger partial charge in [-0.3, -0.25) is 4.98 Å². The third-order valence-electron chi connectivity index (χ3n) is 6.06. The third-order valence-corrected chi connectivity index (χ3v) is 6.37. The van der Waals surface area contributed by atoms with Crippen LogP contribution in [-0.4, -0.2) is 42.4 Å². The first-order valence-corrected chi connectivity index (χ1v) is 11.5. The van der Waals surface area contributed by atoms with E-state index in [0.29, 0.717) is 5.15 Å². The molecule has 0 spiro atoms. The number of halogens is 1. The maximum absolute atomic E-state index is 6.37. The Kier molecular flexibility index (Phi) is 5.92. The summed E-state index contributed by atoms with van der Waals surface area (Å²) in [7, 11) is 1.70. The predicted octanol–water partition coefficient (Wildman–Crippen LogP) is 6.24. The highest BCUT2D eigenvalue weighted by atomic mass is 35.5. The molecule has 2 unspecified atom stereocenters. The van der Waals surface area contributed by atoms with E-state index in [0.717, 1.165) is 52.0 Å². The molecule has 4 aromatic rings. The number of methoxy groups -OCH3 is 1. The molecule has 0 aliphatic carbocycles. The van der Waals surface area contributed by atoms with Crippen LogP contribution in [0.3, 0.4) is 0 Å². The molecule has 0 bridgehead atoms. The molecule has 3 heterocycles. The van der Waals surface area contributed by atoms with E-state index in [1.807, 2.05) is 36.5 Å². The minimum Gasteiger partial charge on any atom is -0.495 e. The first-order chi connectivity index (χ1) is 16.0. The fourth-order valence-electron chi connectivity index (χ4n) is 4.67. The summed E-state index contributed by atoms with van der Waals surface area (Å²) in [5.74, 6) is 0.795. The van der Waals surface area contributed by atoms with Crippen molar-refractivity contribution in [3.63, 3.8) is 0 Å². The molecule has 33 heavy (non-hydrogen) atoms. The van der Waals surface area contributed by atoms with E-state index in [2.05, 4.69) is 48.0 Å². The van der Waals surface area contributed by atoms with Crippen LogP contribution in [0, 0.1) is 0 Å². The summed E-state index contributed by atoms with van der Waals surface area (Å²) >= 11 is 6.37. The highest BCUT2D eigenvalue weighted by Gasteiger charge is 2.22. The van der Waals surface area contributed by atoms with Crippen molar-refractivity contribution in [2.75, 3.05) is 25.1 Å². The summed E-state index contributed by atoms with van der Waals surface area (Å²) in [6, 6.07) is 18.5. The standard InChI is InChI=1S/C27H26ClN3O2/c1-17-15-31(16-18(2)33-17)20-11-9-19(10-12-20)24-14-30-25-21(22-8-5-13-29-27(22)28)6-4-7-23(25)26(24)32-3/h4-14,17-18H,15-16H2,1-3H3. The van der Waals surface area contributed by atoms with Crippen molar-refractivity contribution in [3.8, 4) is 28.0 Å². The second-order valence-corrected chi connectivity index (χ2v) is 8.82. The molecule has 0 radical (unpaired) electrons. The minimum absolute atomic E-state index is 0.223. The van der Waals surface area contributed by atoms with Gasteiger partial charge < -0.3 is 14.4 Å². The predicted molar refractivity (Wildman–Crippen MR) is 134 cm³/mol. The fraction of sp³-hybridized carbons (Fsp3) is 0.259. The second kappa shape index (κ2) is 9.00. The van der Waals surface area contributed by atoms with E-state index >= 15 is 0 Å². The average Bonchev–Trinajstić information content (AvgIpc) is 2.83. The Labute approximate surface area is 199 Å². The van der Waals surface area contributed by atoms with Crippen LogP contribution in [0.1, 0.15) is 13.8 Å². The van der Waals surface area contributed by atoms with Crippen molar-refractivity contribution in [2.24, 2.45) is 0 Å².